The highest BCUT2D eigenvalue weighted by Crippen LogP contribution is 2.26. The SMILES string of the molecule is O=C(c1cc(-c2ccncc2)nc2ccccc12)N1CCN(S(=O)(=O)/C=C\c2ccccc2)CC1. The molecular weight excluding hydrogens is 460 g/mol. The van der Waals surface area contributed by atoms with Gasteiger partial charge in [-0.2, -0.15) is 4.31 Å². The lowest BCUT2D eigenvalue weighted by Gasteiger charge is -2.33. The summed E-state index contributed by atoms with van der Waals surface area (Å²) >= 11 is 0. The fraction of sp³-hybridized carbons (Fsp3) is 0.148. The highest BCUT2D eigenvalue weighted by molar-refractivity contribution is 7.92. The molecule has 1 amide bonds. The average molecular weight is 485 g/mol. The number of para-hydroxylation sites is 1. The maximum absolute atomic E-state index is 13.6. The van der Waals surface area contributed by atoms with Crippen molar-refractivity contribution in [3.05, 3.63) is 102 Å². The molecule has 0 spiro atoms. The molecule has 1 aliphatic rings. The number of hydrogen-bond acceptors (Lipinski definition) is 5. The van der Waals surface area contributed by atoms with Crippen molar-refractivity contribution in [1.82, 2.24) is 19.2 Å². The minimum atomic E-state index is -3.57. The van der Waals surface area contributed by atoms with Crippen LogP contribution in [0.5, 0.6) is 0 Å². The molecule has 35 heavy (non-hydrogen) atoms. The standard InChI is InChI=1S/C27H24N4O3S/c32-27(24-20-26(22-10-13-28-14-11-22)29-25-9-5-4-8-23(24)25)30-15-17-31(18-16-30)35(33,34)19-12-21-6-2-1-3-7-21/h1-14,19-20H,15-18H2/b19-12-. The summed E-state index contributed by atoms with van der Waals surface area (Å²) in [5, 5.41) is 2.01. The molecule has 2 aromatic carbocycles. The van der Waals surface area contributed by atoms with Gasteiger partial charge in [0.25, 0.3) is 5.91 Å². The lowest BCUT2D eigenvalue weighted by molar-refractivity contribution is 0.0700. The van der Waals surface area contributed by atoms with Crippen molar-refractivity contribution >= 4 is 32.9 Å². The van der Waals surface area contributed by atoms with E-state index in [2.05, 4.69) is 4.98 Å². The first-order chi connectivity index (χ1) is 17.0. The molecule has 8 heteroatoms. The summed E-state index contributed by atoms with van der Waals surface area (Å²) in [6.45, 7) is 1.12. The van der Waals surface area contributed by atoms with Crippen LogP contribution in [0.4, 0.5) is 0 Å². The summed E-state index contributed by atoms with van der Waals surface area (Å²) in [5.74, 6) is -0.129. The fourth-order valence-electron chi connectivity index (χ4n) is 4.15. The van der Waals surface area contributed by atoms with Gasteiger partial charge >= 0.3 is 0 Å². The molecule has 5 rings (SSSR count). The van der Waals surface area contributed by atoms with E-state index in [1.807, 2.05) is 72.8 Å². The number of carbonyl (C=O) groups is 1. The van der Waals surface area contributed by atoms with Crippen LogP contribution in [-0.2, 0) is 10.0 Å². The largest absolute Gasteiger partial charge is 0.336 e. The summed E-state index contributed by atoms with van der Waals surface area (Å²) in [4.78, 5) is 24.1. The lowest BCUT2D eigenvalue weighted by atomic mass is 10.0. The van der Waals surface area contributed by atoms with Crippen LogP contribution < -0.4 is 0 Å². The van der Waals surface area contributed by atoms with Crippen LogP contribution in [-0.4, -0.2) is 59.7 Å². The number of piperazine rings is 1. The van der Waals surface area contributed by atoms with Gasteiger partial charge in [0.05, 0.1) is 16.8 Å². The van der Waals surface area contributed by atoms with Crippen molar-refractivity contribution in [2.45, 2.75) is 0 Å². The van der Waals surface area contributed by atoms with Crippen LogP contribution in [0.15, 0.2) is 90.6 Å². The zero-order valence-corrected chi connectivity index (χ0v) is 19.8. The molecule has 0 aliphatic carbocycles. The first-order valence-corrected chi connectivity index (χ1v) is 12.8. The van der Waals surface area contributed by atoms with Crippen LogP contribution in [0.1, 0.15) is 15.9 Å². The molecule has 3 heterocycles. The van der Waals surface area contributed by atoms with Gasteiger partial charge in [-0.15, -0.1) is 0 Å². The maximum Gasteiger partial charge on any atom is 0.254 e. The number of hydrogen-bond donors (Lipinski definition) is 0. The predicted molar refractivity (Wildman–Crippen MR) is 137 cm³/mol. The van der Waals surface area contributed by atoms with Gasteiger partial charge in [-0.3, -0.25) is 9.78 Å². The van der Waals surface area contributed by atoms with Gasteiger partial charge in [-0.05, 0) is 35.9 Å². The second-order valence-electron chi connectivity index (χ2n) is 8.26. The van der Waals surface area contributed by atoms with Gasteiger partial charge in [0.2, 0.25) is 10.0 Å². The van der Waals surface area contributed by atoms with Gasteiger partial charge in [0.1, 0.15) is 0 Å². The van der Waals surface area contributed by atoms with Crippen molar-refractivity contribution in [3.63, 3.8) is 0 Å². The van der Waals surface area contributed by atoms with Crippen LogP contribution in [0.25, 0.3) is 28.2 Å². The molecule has 0 atom stereocenters. The van der Waals surface area contributed by atoms with Crippen LogP contribution >= 0.6 is 0 Å². The molecule has 1 fully saturated rings. The number of rotatable bonds is 5. The van der Waals surface area contributed by atoms with Crippen molar-refractivity contribution in [1.29, 1.82) is 0 Å². The second-order valence-corrected chi connectivity index (χ2v) is 10.1. The Morgan fingerprint density at radius 3 is 2.29 bits per heavy atom. The number of benzene rings is 2. The van der Waals surface area contributed by atoms with E-state index < -0.39 is 10.0 Å². The van der Waals surface area contributed by atoms with Gasteiger partial charge < -0.3 is 4.90 Å². The summed E-state index contributed by atoms with van der Waals surface area (Å²) < 4.78 is 27.0. The van der Waals surface area contributed by atoms with Crippen LogP contribution in [0.2, 0.25) is 0 Å². The third kappa shape index (κ3) is 4.99. The van der Waals surface area contributed by atoms with E-state index in [1.54, 1.807) is 23.4 Å². The van der Waals surface area contributed by atoms with Crippen LogP contribution in [0.3, 0.4) is 0 Å². The number of pyridine rings is 2. The van der Waals surface area contributed by atoms with E-state index in [9.17, 15) is 13.2 Å². The van der Waals surface area contributed by atoms with Gasteiger partial charge in [-0.1, -0.05) is 48.5 Å². The van der Waals surface area contributed by atoms with Crippen molar-refractivity contribution < 1.29 is 13.2 Å². The summed E-state index contributed by atoms with van der Waals surface area (Å²) in [5.41, 5.74) is 3.68. The average Bonchev–Trinajstić information content (AvgIpc) is 2.92. The molecule has 0 bridgehead atoms. The van der Waals surface area contributed by atoms with E-state index in [4.69, 9.17) is 4.98 Å². The highest BCUT2D eigenvalue weighted by atomic mass is 32.2. The second kappa shape index (κ2) is 9.77. The Balaban J connectivity index is 1.36. The maximum atomic E-state index is 13.6. The molecule has 0 N–H and O–H groups in total. The molecule has 2 aromatic heterocycles. The number of sulfonamides is 1. The zero-order chi connectivity index (χ0) is 24.3. The Labute approximate surface area is 204 Å². The van der Waals surface area contributed by atoms with Gasteiger partial charge in [0, 0.05) is 54.9 Å². The van der Waals surface area contributed by atoms with E-state index >= 15 is 0 Å². The molecule has 1 saturated heterocycles. The monoisotopic (exact) mass is 484 g/mol. The third-order valence-corrected chi connectivity index (χ3v) is 7.61. The fourth-order valence-corrected chi connectivity index (χ4v) is 5.33. The number of amides is 1. The number of carbonyl (C=O) groups excluding carboxylic acids is 1. The smallest absolute Gasteiger partial charge is 0.254 e. The zero-order valence-electron chi connectivity index (χ0n) is 19.0. The van der Waals surface area contributed by atoms with Gasteiger partial charge in [0.15, 0.2) is 0 Å². The number of fused-ring (bicyclic) bond motifs is 1. The predicted octanol–water partition coefficient (Wildman–Crippen LogP) is 4.06. The summed E-state index contributed by atoms with van der Waals surface area (Å²) in [6.07, 6.45) is 4.98. The normalized spacial score (nSPS) is 15.0. The molecule has 7 nitrogen and oxygen atoms in total. The highest BCUT2D eigenvalue weighted by Gasteiger charge is 2.29. The molecule has 0 saturated carbocycles. The molecule has 0 unspecified atom stereocenters. The van der Waals surface area contributed by atoms with Crippen molar-refractivity contribution in [2.24, 2.45) is 0 Å². The Hall–Kier alpha value is -3.88. The Kier molecular flexibility index (Phi) is 6.39. The van der Waals surface area contributed by atoms with Crippen molar-refractivity contribution in [2.75, 3.05) is 26.2 Å². The van der Waals surface area contributed by atoms with Gasteiger partial charge in [-0.25, -0.2) is 13.4 Å². The summed E-state index contributed by atoms with van der Waals surface area (Å²) in [6, 6.07) is 22.4. The first kappa shape index (κ1) is 22.9. The summed E-state index contributed by atoms with van der Waals surface area (Å²) in [7, 11) is -3.57. The van der Waals surface area contributed by atoms with E-state index in [0.29, 0.717) is 24.3 Å². The molecule has 4 aromatic rings. The quantitative estimate of drug-likeness (QED) is 0.427. The molecular formula is C27H24N4O3S. The topological polar surface area (TPSA) is 83.5 Å². The Morgan fingerprint density at radius 1 is 0.857 bits per heavy atom. The van der Waals surface area contributed by atoms with Crippen molar-refractivity contribution in [3.8, 4) is 11.3 Å². The molecule has 176 valence electrons. The minimum absolute atomic E-state index is 0.129. The Bertz CT molecular complexity index is 1480. The number of aromatic nitrogens is 2. The van der Waals surface area contributed by atoms with Crippen LogP contribution in [0, 0.1) is 0 Å². The first-order valence-electron chi connectivity index (χ1n) is 11.3. The third-order valence-electron chi connectivity index (χ3n) is 6.04. The lowest BCUT2D eigenvalue weighted by Crippen LogP contribution is -2.50. The number of nitrogens with zero attached hydrogens (tertiary/aromatic N) is 4. The molecule has 1 aliphatic heterocycles. The Morgan fingerprint density at radius 2 is 1.54 bits per heavy atom. The van der Waals surface area contributed by atoms with E-state index in [0.717, 1.165) is 22.0 Å². The van der Waals surface area contributed by atoms with E-state index in [1.165, 1.54) is 9.71 Å². The van der Waals surface area contributed by atoms with E-state index in [-0.39, 0.29) is 19.0 Å². The minimum Gasteiger partial charge on any atom is -0.336 e. The molecule has 0 radical (unpaired) electrons.